The molecule has 4 heteroatoms. The Labute approximate surface area is 76.6 Å². The topological polar surface area (TPSA) is 38.3 Å². The third-order valence-corrected chi connectivity index (χ3v) is 2.92. The number of hydrogen-bond acceptors (Lipinski definition) is 3. The standard InChI is InChI=1S/C9H14FNO2/c1-2-13-7(12)8-3-9(10,4-8)6-11-5-8/h11H,2-6H2,1H3. The Morgan fingerprint density at radius 2 is 2.23 bits per heavy atom. The minimum Gasteiger partial charge on any atom is -0.466 e. The largest absolute Gasteiger partial charge is 0.466 e. The number of esters is 1. The molecule has 3 aliphatic rings. The van der Waals surface area contributed by atoms with E-state index >= 15 is 0 Å². The highest BCUT2D eigenvalue weighted by atomic mass is 19.1. The molecule has 2 heterocycles. The summed E-state index contributed by atoms with van der Waals surface area (Å²) in [6, 6.07) is 0. The molecule has 3 fully saturated rings. The van der Waals surface area contributed by atoms with Gasteiger partial charge in [-0.15, -0.1) is 0 Å². The van der Waals surface area contributed by atoms with E-state index in [1.165, 1.54) is 0 Å². The molecule has 0 aromatic heterocycles. The van der Waals surface area contributed by atoms with Crippen LogP contribution in [-0.4, -0.2) is 31.3 Å². The Balaban J connectivity index is 2.03. The first-order chi connectivity index (χ1) is 6.10. The van der Waals surface area contributed by atoms with Gasteiger partial charge in [-0.1, -0.05) is 0 Å². The van der Waals surface area contributed by atoms with Crippen molar-refractivity contribution in [2.45, 2.75) is 25.4 Å². The highest BCUT2D eigenvalue weighted by molar-refractivity contribution is 5.79. The molecule has 0 spiro atoms. The number of piperidine rings is 2. The number of fused-ring (bicyclic) bond motifs is 2. The lowest BCUT2D eigenvalue weighted by Gasteiger charge is -2.54. The molecule has 0 unspecified atom stereocenters. The van der Waals surface area contributed by atoms with Crippen molar-refractivity contribution < 1.29 is 13.9 Å². The molecule has 2 bridgehead atoms. The van der Waals surface area contributed by atoms with Crippen molar-refractivity contribution >= 4 is 5.97 Å². The number of carbonyl (C=O) groups is 1. The highest BCUT2D eigenvalue weighted by Gasteiger charge is 2.63. The smallest absolute Gasteiger partial charge is 0.313 e. The van der Waals surface area contributed by atoms with E-state index in [9.17, 15) is 9.18 Å². The van der Waals surface area contributed by atoms with Crippen LogP contribution in [0, 0.1) is 5.41 Å². The highest BCUT2D eigenvalue weighted by Crippen LogP contribution is 2.53. The van der Waals surface area contributed by atoms with Gasteiger partial charge in [0.1, 0.15) is 5.67 Å². The molecule has 0 radical (unpaired) electrons. The summed E-state index contributed by atoms with van der Waals surface area (Å²) in [5.41, 5.74) is -1.70. The molecular formula is C9H14FNO2. The van der Waals surface area contributed by atoms with Crippen LogP contribution in [0.15, 0.2) is 0 Å². The Hall–Kier alpha value is -0.640. The molecule has 2 aliphatic heterocycles. The van der Waals surface area contributed by atoms with E-state index in [2.05, 4.69) is 5.32 Å². The van der Waals surface area contributed by atoms with Gasteiger partial charge in [0.05, 0.1) is 12.0 Å². The van der Waals surface area contributed by atoms with Gasteiger partial charge in [0.25, 0.3) is 0 Å². The molecular weight excluding hydrogens is 173 g/mol. The van der Waals surface area contributed by atoms with E-state index in [1.807, 2.05) is 0 Å². The summed E-state index contributed by atoms with van der Waals surface area (Å²) in [6.45, 7) is 3.09. The van der Waals surface area contributed by atoms with Gasteiger partial charge >= 0.3 is 5.97 Å². The molecule has 3 nitrogen and oxygen atoms in total. The molecule has 13 heavy (non-hydrogen) atoms. The third-order valence-electron chi connectivity index (χ3n) is 2.92. The minimum absolute atomic E-state index is 0.240. The average Bonchev–Trinajstić information content (AvgIpc) is 2.03. The van der Waals surface area contributed by atoms with Crippen LogP contribution < -0.4 is 5.32 Å². The van der Waals surface area contributed by atoms with E-state index in [-0.39, 0.29) is 5.97 Å². The Kier molecular flexibility index (Phi) is 1.84. The fraction of sp³-hybridized carbons (Fsp3) is 0.889. The van der Waals surface area contributed by atoms with E-state index in [4.69, 9.17) is 4.74 Å². The van der Waals surface area contributed by atoms with Crippen molar-refractivity contribution in [2.24, 2.45) is 5.41 Å². The van der Waals surface area contributed by atoms with Gasteiger partial charge in [-0.2, -0.15) is 0 Å². The molecule has 1 saturated carbocycles. The molecule has 1 N–H and O–H groups in total. The number of ether oxygens (including phenoxy) is 1. The van der Waals surface area contributed by atoms with Crippen molar-refractivity contribution in [2.75, 3.05) is 19.7 Å². The van der Waals surface area contributed by atoms with Crippen LogP contribution in [0.1, 0.15) is 19.8 Å². The zero-order chi connectivity index (χ0) is 9.53. The fourth-order valence-electron chi connectivity index (χ4n) is 2.44. The predicted molar refractivity (Wildman–Crippen MR) is 45.0 cm³/mol. The Bertz CT molecular complexity index is 236. The maximum atomic E-state index is 13.5. The summed E-state index contributed by atoms with van der Waals surface area (Å²) in [5.74, 6) is -0.240. The van der Waals surface area contributed by atoms with Crippen LogP contribution in [0.5, 0.6) is 0 Å². The molecule has 3 rings (SSSR count). The summed E-state index contributed by atoms with van der Waals surface area (Å²) in [4.78, 5) is 11.5. The second-order valence-electron chi connectivity index (χ2n) is 4.11. The molecule has 2 saturated heterocycles. The van der Waals surface area contributed by atoms with Crippen LogP contribution in [0.25, 0.3) is 0 Å². The van der Waals surface area contributed by atoms with Crippen molar-refractivity contribution in [3.8, 4) is 0 Å². The second kappa shape index (κ2) is 2.67. The number of halogens is 1. The number of alkyl halides is 1. The summed E-state index contributed by atoms with van der Waals surface area (Å²) in [6.07, 6.45) is 0.678. The minimum atomic E-state index is -1.15. The SMILES string of the molecule is CCOC(=O)C12CNCC(F)(C1)C2. The van der Waals surface area contributed by atoms with Crippen molar-refractivity contribution in [1.29, 1.82) is 0 Å². The number of hydrogen-bond donors (Lipinski definition) is 1. The lowest BCUT2D eigenvalue weighted by atomic mass is 9.57. The van der Waals surface area contributed by atoms with Crippen LogP contribution in [-0.2, 0) is 9.53 Å². The number of nitrogens with one attached hydrogen (secondary N) is 1. The summed E-state index contributed by atoms with van der Waals surface area (Å²) in [7, 11) is 0. The van der Waals surface area contributed by atoms with E-state index in [0.29, 0.717) is 32.5 Å². The summed E-state index contributed by atoms with van der Waals surface area (Å²) < 4.78 is 18.4. The first-order valence-corrected chi connectivity index (χ1v) is 4.67. The van der Waals surface area contributed by atoms with Crippen molar-refractivity contribution in [3.05, 3.63) is 0 Å². The molecule has 0 aromatic rings. The molecule has 0 amide bonds. The number of rotatable bonds is 2. The van der Waals surface area contributed by atoms with E-state index < -0.39 is 11.1 Å². The predicted octanol–water partition coefficient (Wildman–Crippen LogP) is 0.641. The lowest BCUT2D eigenvalue weighted by Crippen LogP contribution is -2.67. The summed E-state index contributed by atoms with van der Waals surface area (Å²) in [5, 5.41) is 2.93. The number of carbonyl (C=O) groups excluding carboxylic acids is 1. The molecule has 0 atom stereocenters. The monoisotopic (exact) mass is 187 g/mol. The maximum absolute atomic E-state index is 13.5. The molecule has 1 aliphatic carbocycles. The van der Waals surface area contributed by atoms with Gasteiger partial charge in [0.15, 0.2) is 0 Å². The van der Waals surface area contributed by atoms with Gasteiger partial charge in [-0.3, -0.25) is 4.79 Å². The average molecular weight is 187 g/mol. The van der Waals surface area contributed by atoms with Crippen molar-refractivity contribution in [1.82, 2.24) is 5.32 Å². The Morgan fingerprint density at radius 3 is 2.77 bits per heavy atom. The molecule has 74 valence electrons. The maximum Gasteiger partial charge on any atom is 0.313 e. The van der Waals surface area contributed by atoms with Crippen LogP contribution in [0.4, 0.5) is 4.39 Å². The van der Waals surface area contributed by atoms with E-state index in [1.54, 1.807) is 6.92 Å². The van der Waals surface area contributed by atoms with Crippen LogP contribution in [0.2, 0.25) is 0 Å². The quantitative estimate of drug-likeness (QED) is 0.645. The van der Waals surface area contributed by atoms with Gasteiger partial charge < -0.3 is 10.1 Å². The van der Waals surface area contributed by atoms with Gasteiger partial charge in [-0.05, 0) is 6.92 Å². The lowest BCUT2D eigenvalue weighted by molar-refractivity contribution is -0.180. The Morgan fingerprint density at radius 1 is 1.54 bits per heavy atom. The first-order valence-electron chi connectivity index (χ1n) is 4.67. The normalized spacial score (nSPS) is 42.3. The fourth-order valence-corrected chi connectivity index (χ4v) is 2.44. The summed E-state index contributed by atoms with van der Waals surface area (Å²) >= 11 is 0. The van der Waals surface area contributed by atoms with Gasteiger partial charge in [-0.25, -0.2) is 4.39 Å². The zero-order valence-corrected chi connectivity index (χ0v) is 7.73. The van der Waals surface area contributed by atoms with Crippen LogP contribution >= 0.6 is 0 Å². The van der Waals surface area contributed by atoms with Crippen molar-refractivity contribution in [3.63, 3.8) is 0 Å². The third kappa shape index (κ3) is 1.24. The zero-order valence-electron chi connectivity index (χ0n) is 7.73. The first kappa shape index (κ1) is 8.94. The second-order valence-corrected chi connectivity index (χ2v) is 4.11. The van der Waals surface area contributed by atoms with Gasteiger partial charge in [0, 0.05) is 25.9 Å². The molecule has 0 aromatic carbocycles. The van der Waals surface area contributed by atoms with Gasteiger partial charge in [0.2, 0.25) is 0 Å². The van der Waals surface area contributed by atoms with Crippen LogP contribution in [0.3, 0.4) is 0 Å². The van der Waals surface area contributed by atoms with E-state index in [0.717, 1.165) is 0 Å².